The number of carbonyl (C=O) groups excluding carboxylic acids is 1. The third-order valence-electron chi connectivity index (χ3n) is 4.13. The molecule has 1 aromatic heterocycles. The van der Waals surface area contributed by atoms with E-state index in [-0.39, 0.29) is 30.3 Å². The molecule has 106 valence electrons. The molecule has 5 nitrogen and oxygen atoms in total. The number of nitrogens with one attached hydrogen (secondary N) is 2. The molecule has 2 atom stereocenters. The predicted molar refractivity (Wildman–Crippen MR) is 75.1 cm³/mol. The monoisotopic (exact) mass is 284 g/mol. The summed E-state index contributed by atoms with van der Waals surface area (Å²) in [6.07, 6.45) is 6.94. The highest BCUT2D eigenvalue weighted by molar-refractivity contribution is 5.85. The maximum Gasteiger partial charge on any atom is 0.223 e. The topological polar surface area (TPSA) is 83.8 Å². The van der Waals surface area contributed by atoms with Crippen molar-refractivity contribution in [2.45, 2.75) is 38.1 Å². The van der Waals surface area contributed by atoms with Gasteiger partial charge in [0, 0.05) is 30.6 Å². The fraction of sp³-hybridized carbons (Fsp3) is 0.692. The van der Waals surface area contributed by atoms with E-state index in [0.717, 1.165) is 25.0 Å². The molecule has 0 radical (unpaired) electrons. The van der Waals surface area contributed by atoms with E-state index in [9.17, 15) is 4.79 Å². The summed E-state index contributed by atoms with van der Waals surface area (Å²) in [7, 11) is 0. The second kappa shape index (κ2) is 5.92. The fourth-order valence-corrected chi connectivity index (χ4v) is 2.69. The van der Waals surface area contributed by atoms with Crippen molar-refractivity contribution >= 4 is 18.3 Å². The molecule has 3 rings (SSSR count). The fourth-order valence-electron chi connectivity index (χ4n) is 2.69. The first-order valence-corrected chi connectivity index (χ1v) is 6.78. The number of halogens is 1. The van der Waals surface area contributed by atoms with Gasteiger partial charge in [0.05, 0.1) is 6.20 Å². The van der Waals surface area contributed by atoms with E-state index in [4.69, 9.17) is 5.73 Å². The molecular formula is C13H21ClN4O. The molecule has 2 unspecified atom stereocenters. The largest absolute Gasteiger partial charge is 0.354 e. The molecule has 4 N–H and O–H groups in total. The Morgan fingerprint density at radius 1 is 1.53 bits per heavy atom. The molecule has 1 amide bonds. The van der Waals surface area contributed by atoms with Crippen LogP contribution in [0, 0.1) is 11.8 Å². The number of rotatable bonds is 4. The lowest BCUT2D eigenvalue weighted by molar-refractivity contribution is -0.125. The molecule has 1 aromatic rings. The molecule has 0 saturated heterocycles. The Kier molecular flexibility index (Phi) is 4.47. The molecule has 0 aliphatic heterocycles. The zero-order valence-electron chi connectivity index (χ0n) is 10.9. The van der Waals surface area contributed by atoms with Crippen LogP contribution < -0.4 is 11.1 Å². The van der Waals surface area contributed by atoms with E-state index in [1.54, 1.807) is 0 Å². The Bertz CT molecular complexity index is 444. The summed E-state index contributed by atoms with van der Waals surface area (Å²) in [4.78, 5) is 12.1. The third-order valence-corrected chi connectivity index (χ3v) is 4.13. The van der Waals surface area contributed by atoms with E-state index in [1.807, 2.05) is 6.20 Å². The van der Waals surface area contributed by atoms with Gasteiger partial charge in [0.15, 0.2) is 0 Å². The lowest BCUT2D eigenvalue weighted by Gasteiger charge is -2.22. The van der Waals surface area contributed by atoms with E-state index >= 15 is 0 Å². The van der Waals surface area contributed by atoms with Gasteiger partial charge in [-0.25, -0.2) is 0 Å². The normalized spacial score (nSPS) is 23.1. The maximum atomic E-state index is 12.1. The van der Waals surface area contributed by atoms with Crippen molar-refractivity contribution in [2.24, 2.45) is 17.6 Å². The Labute approximate surface area is 119 Å². The molecule has 0 bridgehead atoms. The minimum atomic E-state index is 0. The molecule has 2 aliphatic rings. The molecule has 1 heterocycles. The minimum Gasteiger partial charge on any atom is -0.354 e. The van der Waals surface area contributed by atoms with Gasteiger partial charge in [0.1, 0.15) is 0 Å². The number of aryl methyl sites for hydroxylation is 1. The van der Waals surface area contributed by atoms with Crippen LogP contribution in [0.2, 0.25) is 0 Å². The van der Waals surface area contributed by atoms with E-state index in [2.05, 4.69) is 15.5 Å². The van der Waals surface area contributed by atoms with Gasteiger partial charge in [-0.2, -0.15) is 5.10 Å². The minimum absolute atomic E-state index is 0. The zero-order chi connectivity index (χ0) is 12.5. The summed E-state index contributed by atoms with van der Waals surface area (Å²) in [5, 5.41) is 10.0. The molecule has 1 fully saturated rings. The highest BCUT2D eigenvalue weighted by Gasteiger charge is 2.30. The quantitative estimate of drug-likeness (QED) is 0.764. The lowest BCUT2D eigenvalue weighted by Crippen LogP contribution is -2.42. The average Bonchev–Trinajstić information content (AvgIpc) is 3.13. The number of carbonyl (C=O) groups is 1. The molecule has 1 saturated carbocycles. The predicted octanol–water partition coefficient (Wildman–Crippen LogP) is 0.790. The van der Waals surface area contributed by atoms with Crippen LogP contribution in [0.3, 0.4) is 0 Å². The molecule has 6 heteroatoms. The Morgan fingerprint density at radius 3 is 3.05 bits per heavy atom. The van der Waals surface area contributed by atoms with Crippen molar-refractivity contribution in [1.82, 2.24) is 15.5 Å². The van der Waals surface area contributed by atoms with Gasteiger partial charge in [-0.3, -0.25) is 9.89 Å². The average molecular weight is 285 g/mol. The standard InChI is InChI=1S/C13H20N4O.ClH/c14-11(8-1-2-8)7-15-13(18)9-3-4-10-6-16-17-12(10)5-9;/h6,8-9,11H,1-5,7,14H2,(H,15,18)(H,16,17);1H. The van der Waals surface area contributed by atoms with Gasteiger partial charge in [0.2, 0.25) is 5.91 Å². The second-order valence-corrected chi connectivity index (χ2v) is 5.56. The molecular weight excluding hydrogens is 264 g/mol. The molecule has 0 spiro atoms. The highest BCUT2D eigenvalue weighted by Crippen LogP contribution is 2.31. The van der Waals surface area contributed by atoms with Crippen LogP contribution in [-0.4, -0.2) is 28.7 Å². The Morgan fingerprint density at radius 2 is 2.32 bits per heavy atom. The number of aromatic amines is 1. The second-order valence-electron chi connectivity index (χ2n) is 5.56. The highest BCUT2D eigenvalue weighted by atomic mass is 35.5. The summed E-state index contributed by atoms with van der Waals surface area (Å²) in [6, 6.07) is 0.139. The van der Waals surface area contributed by atoms with E-state index in [0.29, 0.717) is 12.5 Å². The first kappa shape index (κ1) is 14.3. The number of hydrogen-bond donors (Lipinski definition) is 3. The number of nitrogens with zero attached hydrogens (tertiary/aromatic N) is 1. The van der Waals surface area contributed by atoms with Gasteiger partial charge >= 0.3 is 0 Å². The smallest absolute Gasteiger partial charge is 0.223 e. The summed E-state index contributed by atoms with van der Waals surface area (Å²) in [6.45, 7) is 0.621. The van der Waals surface area contributed by atoms with Crippen molar-refractivity contribution in [3.05, 3.63) is 17.5 Å². The maximum absolute atomic E-state index is 12.1. The van der Waals surface area contributed by atoms with Crippen LogP contribution in [0.4, 0.5) is 0 Å². The third kappa shape index (κ3) is 3.28. The summed E-state index contributed by atoms with van der Waals surface area (Å²) >= 11 is 0. The van der Waals surface area contributed by atoms with E-state index < -0.39 is 0 Å². The van der Waals surface area contributed by atoms with Gasteiger partial charge < -0.3 is 11.1 Å². The van der Waals surface area contributed by atoms with Crippen molar-refractivity contribution < 1.29 is 4.79 Å². The van der Waals surface area contributed by atoms with Crippen LogP contribution in [0.25, 0.3) is 0 Å². The van der Waals surface area contributed by atoms with Crippen molar-refractivity contribution in [3.63, 3.8) is 0 Å². The van der Waals surface area contributed by atoms with Gasteiger partial charge in [-0.15, -0.1) is 12.4 Å². The SMILES string of the molecule is Cl.NC(CNC(=O)C1CCc2cn[nH]c2C1)C1CC1. The van der Waals surface area contributed by atoms with Crippen molar-refractivity contribution in [3.8, 4) is 0 Å². The van der Waals surface area contributed by atoms with E-state index in [1.165, 1.54) is 18.4 Å². The molecule has 0 aromatic carbocycles. The van der Waals surface area contributed by atoms with Gasteiger partial charge in [0.25, 0.3) is 0 Å². The molecule has 19 heavy (non-hydrogen) atoms. The van der Waals surface area contributed by atoms with Crippen LogP contribution in [-0.2, 0) is 17.6 Å². The number of fused-ring (bicyclic) bond motifs is 1. The van der Waals surface area contributed by atoms with Crippen LogP contribution in [0.5, 0.6) is 0 Å². The van der Waals surface area contributed by atoms with Crippen LogP contribution in [0.1, 0.15) is 30.5 Å². The van der Waals surface area contributed by atoms with Gasteiger partial charge in [-0.05, 0) is 37.2 Å². The lowest BCUT2D eigenvalue weighted by atomic mass is 9.87. The summed E-state index contributed by atoms with van der Waals surface area (Å²) < 4.78 is 0. The van der Waals surface area contributed by atoms with Crippen molar-refractivity contribution in [1.29, 1.82) is 0 Å². The van der Waals surface area contributed by atoms with Crippen molar-refractivity contribution in [2.75, 3.05) is 6.54 Å². The Hall–Kier alpha value is -1.07. The molecule has 2 aliphatic carbocycles. The van der Waals surface area contributed by atoms with Crippen LogP contribution >= 0.6 is 12.4 Å². The summed E-state index contributed by atoms with van der Waals surface area (Å²) in [5.74, 6) is 0.853. The zero-order valence-corrected chi connectivity index (χ0v) is 11.7. The first-order chi connectivity index (χ1) is 8.74. The number of nitrogens with two attached hydrogens (primary N) is 1. The number of hydrogen-bond acceptors (Lipinski definition) is 3. The van der Waals surface area contributed by atoms with Gasteiger partial charge in [-0.1, -0.05) is 0 Å². The van der Waals surface area contributed by atoms with Crippen LogP contribution in [0.15, 0.2) is 6.20 Å². The number of H-pyrrole nitrogens is 1. The Balaban J connectivity index is 0.00000133. The number of amides is 1. The summed E-state index contributed by atoms with van der Waals surface area (Å²) in [5.41, 5.74) is 8.36. The first-order valence-electron chi connectivity index (χ1n) is 6.78. The number of aromatic nitrogens is 2.